The number of aliphatic carboxylic acids is 1. The normalized spacial score (nSPS) is 22.4. The Morgan fingerprint density at radius 3 is 2.64 bits per heavy atom. The van der Waals surface area contributed by atoms with E-state index in [1.165, 1.54) is 23.1 Å². The maximum Gasteiger partial charge on any atom is 0.304 e. The summed E-state index contributed by atoms with van der Waals surface area (Å²) in [5.41, 5.74) is 0.339. The first kappa shape index (κ1) is 21.6. The lowest BCUT2D eigenvalue weighted by Crippen LogP contribution is -2.44. The van der Waals surface area contributed by atoms with Crippen molar-refractivity contribution >= 4 is 17.8 Å². The van der Waals surface area contributed by atoms with E-state index >= 15 is 0 Å². The molecule has 2 N–H and O–H groups in total. The van der Waals surface area contributed by atoms with Crippen molar-refractivity contribution in [2.24, 2.45) is 5.92 Å². The van der Waals surface area contributed by atoms with Crippen molar-refractivity contribution < 1.29 is 23.9 Å². The largest absolute Gasteiger partial charge is 0.481 e. The summed E-state index contributed by atoms with van der Waals surface area (Å²) in [7, 11) is 1.64. The first-order valence-electron chi connectivity index (χ1n) is 9.56. The van der Waals surface area contributed by atoms with Crippen LogP contribution in [0.2, 0.25) is 0 Å². The summed E-state index contributed by atoms with van der Waals surface area (Å²) in [5, 5.41) is 11.8. The highest BCUT2D eigenvalue weighted by Gasteiger charge is 2.30. The topological polar surface area (TPSA) is 86.7 Å². The van der Waals surface area contributed by atoms with Gasteiger partial charge in [-0.3, -0.25) is 14.4 Å². The lowest BCUT2D eigenvalue weighted by molar-refractivity contribution is -0.142. The summed E-state index contributed by atoms with van der Waals surface area (Å²) < 4.78 is 13.7. The second kappa shape index (κ2) is 10.6. The summed E-state index contributed by atoms with van der Waals surface area (Å²) in [6.07, 6.45) is 7.22. The third-order valence-electron chi connectivity index (χ3n) is 4.84. The maximum absolute atomic E-state index is 13.7. The van der Waals surface area contributed by atoms with Gasteiger partial charge in [0.2, 0.25) is 11.8 Å². The molecule has 0 radical (unpaired) electrons. The van der Waals surface area contributed by atoms with Gasteiger partial charge in [-0.05, 0) is 49.8 Å². The second-order valence-corrected chi connectivity index (χ2v) is 7.10. The molecule has 6 nitrogen and oxygen atoms in total. The van der Waals surface area contributed by atoms with E-state index in [1.807, 2.05) is 12.2 Å². The number of benzene rings is 1. The molecule has 152 valence electrons. The molecule has 0 spiro atoms. The van der Waals surface area contributed by atoms with Crippen LogP contribution >= 0.6 is 0 Å². The van der Waals surface area contributed by atoms with Crippen molar-refractivity contribution in [2.75, 3.05) is 13.6 Å². The Hall–Kier alpha value is -2.70. The fourth-order valence-electron chi connectivity index (χ4n) is 3.27. The fraction of sp³-hybridized carbons (Fsp3) is 0.476. The van der Waals surface area contributed by atoms with Gasteiger partial charge in [0.25, 0.3) is 0 Å². The van der Waals surface area contributed by atoms with Crippen LogP contribution < -0.4 is 5.32 Å². The zero-order valence-corrected chi connectivity index (χ0v) is 16.1. The standard InChI is InChI=1S/C21H27FN2O4/c1-24-12-7-5-3-2-4-6-9-16(14-18(25)26)20(27)23-19(21(24)28)15-10-8-11-17(22)13-15/h2-3,8,10-11,13,16,19H,4-7,9,12,14H2,1H3,(H,23,27)(H,25,26)/t16-,19+/m1/s1. The Labute approximate surface area is 164 Å². The minimum Gasteiger partial charge on any atom is -0.481 e. The van der Waals surface area contributed by atoms with E-state index in [-0.39, 0.29) is 12.3 Å². The van der Waals surface area contributed by atoms with Crippen molar-refractivity contribution in [3.8, 4) is 0 Å². The van der Waals surface area contributed by atoms with Gasteiger partial charge in [0, 0.05) is 19.5 Å². The summed E-state index contributed by atoms with van der Waals surface area (Å²) in [4.78, 5) is 38.4. The molecule has 1 aliphatic heterocycles. The number of halogens is 1. The quantitative estimate of drug-likeness (QED) is 0.777. The second-order valence-electron chi connectivity index (χ2n) is 7.10. The van der Waals surface area contributed by atoms with Crippen molar-refractivity contribution in [1.82, 2.24) is 10.2 Å². The Morgan fingerprint density at radius 2 is 1.96 bits per heavy atom. The molecule has 0 saturated heterocycles. The predicted molar refractivity (Wildman–Crippen MR) is 103 cm³/mol. The van der Waals surface area contributed by atoms with Crippen LogP contribution in [0.15, 0.2) is 36.4 Å². The van der Waals surface area contributed by atoms with Crippen LogP contribution in [0.5, 0.6) is 0 Å². The SMILES string of the molecule is CN1CCCC=CCCC[C@H](CC(=O)O)C(=O)N[C@@H](c2cccc(F)c2)C1=O. The number of hydrogen-bond donors (Lipinski definition) is 2. The van der Waals surface area contributed by atoms with Crippen molar-refractivity contribution in [3.63, 3.8) is 0 Å². The van der Waals surface area contributed by atoms with Crippen molar-refractivity contribution in [2.45, 2.75) is 44.6 Å². The molecular formula is C21H27FN2O4. The van der Waals surface area contributed by atoms with Crippen molar-refractivity contribution in [1.29, 1.82) is 0 Å². The average molecular weight is 390 g/mol. The predicted octanol–water partition coefficient (Wildman–Crippen LogP) is 3.05. The van der Waals surface area contributed by atoms with Crippen LogP contribution in [0.3, 0.4) is 0 Å². The molecule has 1 heterocycles. The highest BCUT2D eigenvalue weighted by molar-refractivity contribution is 5.90. The summed E-state index contributed by atoms with van der Waals surface area (Å²) in [5.74, 6) is -3.17. The number of hydrogen-bond acceptors (Lipinski definition) is 3. The number of amides is 2. The monoisotopic (exact) mass is 390 g/mol. The maximum atomic E-state index is 13.7. The van der Waals surface area contributed by atoms with Gasteiger partial charge in [-0.25, -0.2) is 4.39 Å². The number of nitrogens with one attached hydrogen (secondary N) is 1. The molecule has 1 aromatic rings. The Balaban J connectivity index is 2.32. The average Bonchev–Trinajstić information content (AvgIpc) is 2.65. The van der Waals surface area contributed by atoms with Crippen LogP contribution in [-0.4, -0.2) is 41.4 Å². The number of carboxylic acid groups (broad SMARTS) is 1. The smallest absolute Gasteiger partial charge is 0.304 e. The molecule has 0 bridgehead atoms. The first-order valence-corrected chi connectivity index (χ1v) is 9.56. The molecule has 0 unspecified atom stereocenters. The van der Waals surface area contributed by atoms with Gasteiger partial charge >= 0.3 is 5.97 Å². The van der Waals surface area contributed by atoms with E-state index in [4.69, 9.17) is 5.11 Å². The van der Waals surface area contributed by atoms with E-state index in [9.17, 15) is 18.8 Å². The van der Waals surface area contributed by atoms with E-state index in [2.05, 4.69) is 5.32 Å². The lowest BCUT2D eigenvalue weighted by atomic mass is 9.95. The highest BCUT2D eigenvalue weighted by Crippen LogP contribution is 2.21. The molecule has 1 aliphatic rings. The summed E-state index contributed by atoms with van der Waals surface area (Å²) >= 11 is 0. The fourth-order valence-corrected chi connectivity index (χ4v) is 3.27. The van der Waals surface area contributed by atoms with Gasteiger partial charge in [-0.2, -0.15) is 0 Å². The minimum absolute atomic E-state index is 0.310. The number of carboxylic acids is 1. The molecule has 0 aromatic heterocycles. The van der Waals surface area contributed by atoms with Gasteiger partial charge in [0.15, 0.2) is 0 Å². The molecular weight excluding hydrogens is 363 g/mol. The molecule has 2 amide bonds. The van der Waals surface area contributed by atoms with Crippen molar-refractivity contribution in [3.05, 3.63) is 47.8 Å². The Kier molecular flexibility index (Phi) is 8.17. The number of likely N-dealkylation sites (N-methyl/N-ethyl adjacent to an activating group) is 1. The van der Waals surface area contributed by atoms with Crippen LogP contribution in [0.4, 0.5) is 4.39 Å². The zero-order valence-electron chi connectivity index (χ0n) is 16.1. The molecule has 0 aliphatic carbocycles. The van der Waals surface area contributed by atoms with E-state index in [0.717, 1.165) is 19.3 Å². The molecule has 2 atom stereocenters. The van der Waals surface area contributed by atoms with Crippen LogP contribution in [-0.2, 0) is 14.4 Å². The van der Waals surface area contributed by atoms with Crippen LogP contribution in [0.25, 0.3) is 0 Å². The highest BCUT2D eigenvalue weighted by atomic mass is 19.1. The number of rotatable bonds is 3. The van der Waals surface area contributed by atoms with Gasteiger partial charge < -0.3 is 15.3 Å². The van der Waals surface area contributed by atoms with Crippen LogP contribution in [0.1, 0.15) is 50.1 Å². The minimum atomic E-state index is -1.07. The van der Waals surface area contributed by atoms with E-state index < -0.39 is 29.7 Å². The van der Waals surface area contributed by atoms with E-state index in [1.54, 1.807) is 13.1 Å². The third-order valence-corrected chi connectivity index (χ3v) is 4.84. The Morgan fingerprint density at radius 1 is 1.25 bits per heavy atom. The van der Waals surface area contributed by atoms with Gasteiger partial charge in [0.05, 0.1) is 6.42 Å². The molecule has 7 heteroatoms. The summed E-state index contributed by atoms with van der Waals surface area (Å²) in [6, 6.07) is 4.49. The number of nitrogens with zero attached hydrogens (tertiary/aromatic N) is 1. The van der Waals surface area contributed by atoms with Gasteiger partial charge in [0.1, 0.15) is 11.9 Å². The lowest BCUT2D eigenvalue weighted by Gasteiger charge is -2.26. The molecule has 1 aromatic carbocycles. The van der Waals surface area contributed by atoms with Gasteiger partial charge in [-0.15, -0.1) is 0 Å². The number of carbonyl (C=O) groups is 3. The number of carbonyl (C=O) groups excluding carboxylic acids is 2. The Bertz CT molecular complexity index is 735. The van der Waals surface area contributed by atoms with Crippen LogP contribution in [0, 0.1) is 11.7 Å². The van der Waals surface area contributed by atoms with E-state index in [0.29, 0.717) is 24.9 Å². The summed E-state index contributed by atoms with van der Waals surface area (Å²) in [6.45, 7) is 0.503. The number of allylic oxidation sites excluding steroid dienone is 2. The molecule has 0 saturated carbocycles. The van der Waals surface area contributed by atoms with Gasteiger partial charge in [-0.1, -0.05) is 24.3 Å². The third kappa shape index (κ3) is 6.48. The molecule has 28 heavy (non-hydrogen) atoms. The zero-order chi connectivity index (χ0) is 20.5. The first-order chi connectivity index (χ1) is 13.4. The molecule has 0 fully saturated rings. The molecule has 2 rings (SSSR count).